The van der Waals surface area contributed by atoms with Gasteiger partial charge in [0.2, 0.25) is 0 Å². The van der Waals surface area contributed by atoms with E-state index in [-0.39, 0.29) is 11.6 Å². The maximum absolute atomic E-state index is 6.53. The van der Waals surface area contributed by atoms with E-state index in [0.717, 1.165) is 42.9 Å². The summed E-state index contributed by atoms with van der Waals surface area (Å²) in [5.74, 6) is 1.56. The minimum atomic E-state index is -0.198. The van der Waals surface area contributed by atoms with Crippen LogP contribution < -0.4 is 15.2 Å². The lowest BCUT2D eigenvalue weighted by Crippen LogP contribution is -2.33. The zero-order valence-corrected chi connectivity index (χ0v) is 12.1. The van der Waals surface area contributed by atoms with E-state index in [2.05, 4.69) is 12.1 Å². The van der Waals surface area contributed by atoms with Gasteiger partial charge in [-0.1, -0.05) is 18.9 Å². The Kier molecular flexibility index (Phi) is 3.85. The smallest absolute Gasteiger partial charge is 0.162 e. The molecule has 1 atom stereocenters. The van der Waals surface area contributed by atoms with Gasteiger partial charge in [-0.3, -0.25) is 0 Å². The van der Waals surface area contributed by atoms with E-state index in [0.29, 0.717) is 6.61 Å². The first-order chi connectivity index (χ1) is 9.71. The highest BCUT2D eigenvalue weighted by Crippen LogP contribution is 2.40. The van der Waals surface area contributed by atoms with E-state index >= 15 is 0 Å². The van der Waals surface area contributed by atoms with Gasteiger partial charge in [-0.25, -0.2) is 0 Å². The first-order valence-electron chi connectivity index (χ1n) is 7.43. The molecule has 1 saturated heterocycles. The van der Waals surface area contributed by atoms with Crippen LogP contribution in [-0.4, -0.2) is 26.4 Å². The van der Waals surface area contributed by atoms with Crippen molar-refractivity contribution in [3.63, 3.8) is 0 Å². The molecule has 0 bridgehead atoms. The number of rotatable bonds is 4. The van der Waals surface area contributed by atoms with Crippen molar-refractivity contribution < 1.29 is 14.2 Å². The van der Waals surface area contributed by atoms with Gasteiger partial charge >= 0.3 is 0 Å². The molecule has 1 aromatic rings. The van der Waals surface area contributed by atoms with Gasteiger partial charge in [-0.2, -0.15) is 0 Å². The highest BCUT2D eigenvalue weighted by Gasteiger charge is 2.32. The molecule has 2 aliphatic rings. The molecule has 1 saturated carbocycles. The number of hydrogen-bond donors (Lipinski definition) is 1. The lowest BCUT2D eigenvalue weighted by molar-refractivity contribution is 0.138. The van der Waals surface area contributed by atoms with Crippen LogP contribution in [0.25, 0.3) is 0 Å². The monoisotopic (exact) mass is 277 g/mol. The summed E-state index contributed by atoms with van der Waals surface area (Å²) in [6.45, 7) is 1.43. The van der Waals surface area contributed by atoms with Gasteiger partial charge in [-0.15, -0.1) is 0 Å². The minimum Gasteiger partial charge on any atom is -0.493 e. The van der Waals surface area contributed by atoms with Crippen molar-refractivity contribution in [3.8, 4) is 11.5 Å². The summed E-state index contributed by atoms with van der Waals surface area (Å²) in [4.78, 5) is 0. The second-order valence-corrected chi connectivity index (χ2v) is 5.83. The Morgan fingerprint density at radius 3 is 2.70 bits per heavy atom. The van der Waals surface area contributed by atoms with Crippen LogP contribution in [0.4, 0.5) is 0 Å². The summed E-state index contributed by atoms with van der Waals surface area (Å²) in [5.41, 5.74) is 7.49. The normalized spacial score (nSPS) is 24.8. The fourth-order valence-electron chi connectivity index (χ4n) is 3.16. The molecule has 1 aliphatic heterocycles. The van der Waals surface area contributed by atoms with Crippen molar-refractivity contribution >= 4 is 0 Å². The fourth-order valence-corrected chi connectivity index (χ4v) is 3.16. The molecule has 0 aromatic heterocycles. The van der Waals surface area contributed by atoms with Gasteiger partial charge in [-0.05, 0) is 30.5 Å². The Bertz CT molecular complexity index is 463. The van der Waals surface area contributed by atoms with Crippen LogP contribution in [0.2, 0.25) is 0 Å². The molecule has 1 unspecified atom stereocenters. The predicted molar refractivity (Wildman–Crippen MR) is 77.2 cm³/mol. The van der Waals surface area contributed by atoms with Gasteiger partial charge in [0, 0.05) is 12.0 Å². The van der Waals surface area contributed by atoms with Gasteiger partial charge in [0.05, 0.1) is 20.3 Å². The molecule has 20 heavy (non-hydrogen) atoms. The van der Waals surface area contributed by atoms with Crippen LogP contribution >= 0.6 is 0 Å². The Labute approximate surface area is 120 Å². The second-order valence-electron chi connectivity index (χ2n) is 5.83. The van der Waals surface area contributed by atoms with Crippen molar-refractivity contribution in [1.82, 2.24) is 0 Å². The maximum Gasteiger partial charge on any atom is 0.162 e. The van der Waals surface area contributed by atoms with Gasteiger partial charge < -0.3 is 19.9 Å². The topological polar surface area (TPSA) is 53.7 Å². The molecule has 4 nitrogen and oxygen atoms in total. The Hall–Kier alpha value is -1.26. The summed E-state index contributed by atoms with van der Waals surface area (Å²) >= 11 is 0. The molecule has 0 radical (unpaired) electrons. The van der Waals surface area contributed by atoms with Crippen molar-refractivity contribution in [2.45, 2.75) is 43.7 Å². The van der Waals surface area contributed by atoms with Crippen molar-refractivity contribution in [3.05, 3.63) is 23.8 Å². The summed E-state index contributed by atoms with van der Waals surface area (Å²) < 4.78 is 16.8. The molecule has 2 fully saturated rings. The number of benzene rings is 1. The molecule has 3 rings (SSSR count). The van der Waals surface area contributed by atoms with Crippen LogP contribution in [0.5, 0.6) is 11.5 Å². The highest BCUT2D eigenvalue weighted by atomic mass is 16.6. The SMILES string of the molecule is COc1ccc(C2(N)CCCC2)cc1OC1CCOC1. The van der Waals surface area contributed by atoms with Crippen molar-refractivity contribution in [2.24, 2.45) is 5.73 Å². The van der Waals surface area contributed by atoms with E-state index in [4.69, 9.17) is 19.9 Å². The standard InChI is InChI=1S/C16H23NO3/c1-18-14-5-4-12(16(17)7-2-3-8-16)10-15(14)20-13-6-9-19-11-13/h4-5,10,13H,2-3,6-9,11,17H2,1H3. The lowest BCUT2D eigenvalue weighted by atomic mass is 9.89. The average molecular weight is 277 g/mol. The predicted octanol–water partition coefficient (Wildman–Crippen LogP) is 2.59. The number of ether oxygens (including phenoxy) is 3. The Balaban J connectivity index is 1.85. The largest absolute Gasteiger partial charge is 0.493 e. The van der Waals surface area contributed by atoms with Gasteiger partial charge in [0.1, 0.15) is 6.10 Å². The van der Waals surface area contributed by atoms with E-state index in [1.165, 1.54) is 12.8 Å². The van der Waals surface area contributed by atoms with Gasteiger partial charge in [0.25, 0.3) is 0 Å². The summed E-state index contributed by atoms with van der Waals surface area (Å²) in [6, 6.07) is 6.10. The number of hydrogen-bond acceptors (Lipinski definition) is 4. The fraction of sp³-hybridized carbons (Fsp3) is 0.625. The zero-order valence-electron chi connectivity index (χ0n) is 12.1. The van der Waals surface area contributed by atoms with Crippen molar-refractivity contribution in [2.75, 3.05) is 20.3 Å². The van der Waals surface area contributed by atoms with E-state index in [1.54, 1.807) is 7.11 Å². The molecule has 2 N–H and O–H groups in total. The summed E-state index contributed by atoms with van der Waals surface area (Å²) in [6.07, 6.45) is 5.55. The molecule has 1 aromatic carbocycles. The molecular formula is C16H23NO3. The molecule has 0 spiro atoms. The minimum absolute atomic E-state index is 0.122. The van der Waals surface area contributed by atoms with Gasteiger partial charge in [0.15, 0.2) is 11.5 Å². The summed E-state index contributed by atoms with van der Waals surface area (Å²) in [7, 11) is 1.67. The second kappa shape index (κ2) is 5.62. The number of nitrogens with two attached hydrogens (primary N) is 1. The highest BCUT2D eigenvalue weighted by molar-refractivity contribution is 5.45. The molecule has 0 amide bonds. The first-order valence-corrected chi connectivity index (χ1v) is 7.43. The Morgan fingerprint density at radius 1 is 1.25 bits per heavy atom. The molecule has 4 heteroatoms. The third-order valence-electron chi connectivity index (χ3n) is 4.42. The Morgan fingerprint density at radius 2 is 2.05 bits per heavy atom. The van der Waals surface area contributed by atoms with Crippen LogP contribution in [-0.2, 0) is 10.3 Å². The third-order valence-corrected chi connectivity index (χ3v) is 4.42. The van der Waals surface area contributed by atoms with Crippen molar-refractivity contribution in [1.29, 1.82) is 0 Å². The van der Waals surface area contributed by atoms with Crippen LogP contribution in [0.3, 0.4) is 0 Å². The van der Waals surface area contributed by atoms with Crippen LogP contribution in [0, 0.1) is 0 Å². The lowest BCUT2D eigenvalue weighted by Gasteiger charge is -2.26. The zero-order chi connectivity index (χ0) is 14.0. The summed E-state index contributed by atoms with van der Waals surface area (Å²) in [5, 5.41) is 0. The van der Waals surface area contributed by atoms with E-state index in [9.17, 15) is 0 Å². The molecule has 1 aliphatic carbocycles. The quantitative estimate of drug-likeness (QED) is 0.919. The average Bonchev–Trinajstić information content (AvgIpc) is 3.11. The first kappa shape index (κ1) is 13.7. The van der Waals surface area contributed by atoms with E-state index < -0.39 is 0 Å². The van der Waals surface area contributed by atoms with Crippen LogP contribution in [0.1, 0.15) is 37.7 Å². The number of methoxy groups -OCH3 is 1. The molecule has 1 heterocycles. The molecular weight excluding hydrogens is 254 g/mol. The maximum atomic E-state index is 6.53. The van der Waals surface area contributed by atoms with E-state index in [1.807, 2.05) is 6.07 Å². The molecule has 110 valence electrons. The third kappa shape index (κ3) is 2.63. The van der Waals surface area contributed by atoms with Crippen LogP contribution in [0.15, 0.2) is 18.2 Å².